The van der Waals surface area contributed by atoms with Gasteiger partial charge in [0.05, 0.1) is 17.9 Å². The topological polar surface area (TPSA) is 102 Å². The van der Waals surface area contributed by atoms with Crippen molar-refractivity contribution in [2.24, 2.45) is 11.3 Å². The molecule has 1 fully saturated rings. The molecule has 287 valence electrons. The van der Waals surface area contributed by atoms with E-state index in [9.17, 15) is 19.4 Å². The normalized spacial score (nSPS) is 18.6. The zero-order valence-corrected chi connectivity index (χ0v) is 33.6. The maximum atomic E-state index is 14.2. The third-order valence-corrected chi connectivity index (χ3v) is 13.1. The quantitative estimate of drug-likeness (QED) is 0.0554. The number of hydroxylamine groups is 2. The monoisotopic (exact) mass is 744 g/mol. The molecule has 1 radical (unpaired) electrons. The Balaban J connectivity index is 1.31. The van der Waals surface area contributed by atoms with E-state index in [-0.39, 0.29) is 43.1 Å². The minimum Gasteiger partial charge on any atom is -0.463 e. The van der Waals surface area contributed by atoms with Crippen molar-refractivity contribution in [2.75, 3.05) is 13.2 Å². The lowest BCUT2D eigenvalue weighted by molar-refractivity contribution is -0.299. The number of piperidine rings is 1. The van der Waals surface area contributed by atoms with E-state index in [4.69, 9.17) is 14.0 Å². The number of hydrogen-bond acceptors (Lipinski definition) is 7. The van der Waals surface area contributed by atoms with Gasteiger partial charge in [0, 0.05) is 34.5 Å². The molecule has 9 heteroatoms. The summed E-state index contributed by atoms with van der Waals surface area (Å²) < 4.78 is 31.9. The van der Waals surface area contributed by atoms with E-state index in [1.54, 1.807) is 24.3 Å². The van der Waals surface area contributed by atoms with E-state index in [1.807, 2.05) is 103 Å². The molecule has 3 aromatic rings. The number of ether oxygens (including phenoxy) is 2. The molecule has 8 nitrogen and oxygen atoms in total. The SMILES string of the molecule is CCC(C)(CC(C/C=C/CCC(C)C(=O)OC1CC(C)(C)N([O])C(C)(C)C1)c1ccccc1)C(=O)OCCOP(=O)(c1ccccc1)c1ccccc1. The number of carbonyl (C=O) groups excluding carboxylic acids is 2. The summed E-state index contributed by atoms with van der Waals surface area (Å²) in [5.74, 6) is -0.721. The van der Waals surface area contributed by atoms with Crippen molar-refractivity contribution < 1.29 is 33.4 Å². The van der Waals surface area contributed by atoms with Gasteiger partial charge in [-0.15, -0.1) is 10.3 Å². The van der Waals surface area contributed by atoms with Crippen LogP contribution in [0.2, 0.25) is 0 Å². The molecule has 1 heterocycles. The number of esters is 2. The second-order valence-corrected chi connectivity index (χ2v) is 18.4. The summed E-state index contributed by atoms with van der Waals surface area (Å²) in [6.45, 7) is 13.4. The van der Waals surface area contributed by atoms with E-state index in [1.165, 1.54) is 0 Å². The van der Waals surface area contributed by atoms with Crippen LogP contribution in [0, 0.1) is 11.3 Å². The molecule has 0 amide bonds. The van der Waals surface area contributed by atoms with E-state index < -0.39 is 23.9 Å². The second-order valence-electron chi connectivity index (χ2n) is 16.0. The van der Waals surface area contributed by atoms with E-state index in [2.05, 4.69) is 24.3 Å². The average Bonchev–Trinajstić information content (AvgIpc) is 3.15. The van der Waals surface area contributed by atoms with E-state index in [0.29, 0.717) is 42.7 Å². The molecule has 3 aromatic carbocycles. The fraction of sp³-hybridized carbons (Fsp3) is 0.500. The van der Waals surface area contributed by atoms with Crippen molar-refractivity contribution in [1.29, 1.82) is 0 Å². The van der Waals surface area contributed by atoms with Crippen LogP contribution in [0.15, 0.2) is 103 Å². The van der Waals surface area contributed by atoms with Gasteiger partial charge in [0.2, 0.25) is 0 Å². The highest BCUT2D eigenvalue weighted by Gasteiger charge is 2.47. The highest BCUT2D eigenvalue weighted by molar-refractivity contribution is 7.74. The number of hydrogen-bond donors (Lipinski definition) is 0. The second kappa shape index (κ2) is 18.7. The van der Waals surface area contributed by atoms with Crippen molar-refractivity contribution in [3.05, 3.63) is 109 Å². The molecule has 0 aliphatic carbocycles. The smallest absolute Gasteiger partial charge is 0.311 e. The molecule has 0 aromatic heterocycles. The van der Waals surface area contributed by atoms with Gasteiger partial charge in [0.1, 0.15) is 12.7 Å². The molecule has 3 unspecified atom stereocenters. The highest BCUT2D eigenvalue weighted by atomic mass is 31.2. The van der Waals surface area contributed by atoms with Gasteiger partial charge in [-0.3, -0.25) is 14.2 Å². The number of allylic oxidation sites excluding steroid dienone is 2. The molecule has 0 saturated carbocycles. The van der Waals surface area contributed by atoms with Crippen molar-refractivity contribution in [3.63, 3.8) is 0 Å². The molecule has 53 heavy (non-hydrogen) atoms. The summed E-state index contributed by atoms with van der Waals surface area (Å²) in [5, 5.41) is 15.0. The van der Waals surface area contributed by atoms with Crippen molar-refractivity contribution in [1.82, 2.24) is 5.06 Å². The van der Waals surface area contributed by atoms with Gasteiger partial charge >= 0.3 is 11.9 Å². The predicted octanol–water partition coefficient (Wildman–Crippen LogP) is 9.34. The first-order valence-electron chi connectivity index (χ1n) is 19.0. The third-order valence-electron chi connectivity index (χ3n) is 10.6. The first kappa shape index (κ1) is 42.2. The molecule has 1 aliphatic heterocycles. The van der Waals surface area contributed by atoms with Crippen molar-refractivity contribution in [2.45, 2.75) is 117 Å². The highest BCUT2D eigenvalue weighted by Crippen LogP contribution is 2.45. The maximum absolute atomic E-state index is 14.2. The molecular weight excluding hydrogens is 685 g/mol. The van der Waals surface area contributed by atoms with Gasteiger partial charge in [-0.25, -0.2) is 0 Å². The van der Waals surface area contributed by atoms with Crippen LogP contribution >= 0.6 is 7.37 Å². The molecule has 0 spiro atoms. The minimum absolute atomic E-state index is 0.00120. The molecular formula is C44H59NO7P. The molecule has 3 atom stereocenters. The van der Waals surface area contributed by atoms with Crippen LogP contribution < -0.4 is 10.6 Å². The number of nitrogens with zero attached hydrogens (tertiary/aromatic N) is 1. The van der Waals surface area contributed by atoms with Crippen molar-refractivity contribution >= 4 is 29.9 Å². The van der Waals surface area contributed by atoms with Crippen LogP contribution in [0.1, 0.15) is 105 Å². The average molecular weight is 745 g/mol. The summed E-state index contributed by atoms with van der Waals surface area (Å²) in [5.41, 5.74) is -0.791. The lowest BCUT2D eigenvalue weighted by atomic mass is 9.75. The number of carbonyl (C=O) groups is 2. The van der Waals surface area contributed by atoms with Gasteiger partial charge in [0.25, 0.3) is 7.37 Å². The van der Waals surface area contributed by atoms with E-state index in [0.717, 1.165) is 23.5 Å². The van der Waals surface area contributed by atoms with E-state index >= 15 is 0 Å². The third kappa shape index (κ3) is 11.2. The Bertz CT molecular complexity index is 1620. The van der Waals surface area contributed by atoms with Crippen LogP contribution in [0.4, 0.5) is 0 Å². The number of benzene rings is 3. The largest absolute Gasteiger partial charge is 0.463 e. The number of rotatable bonds is 18. The summed E-state index contributed by atoms with van der Waals surface area (Å²) in [6, 6.07) is 28.5. The first-order chi connectivity index (χ1) is 25.1. The summed E-state index contributed by atoms with van der Waals surface area (Å²) in [4.78, 5) is 26.6. The zero-order chi connectivity index (χ0) is 38.7. The summed E-state index contributed by atoms with van der Waals surface area (Å²) >= 11 is 0. The fourth-order valence-electron chi connectivity index (χ4n) is 7.38. The van der Waals surface area contributed by atoms with Gasteiger partial charge in [-0.1, -0.05) is 92.7 Å². The van der Waals surface area contributed by atoms with Crippen LogP contribution in [0.25, 0.3) is 0 Å². The Morgan fingerprint density at radius 1 is 0.868 bits per heavy atom. The molecule has 1 aliphatic rings. The van der Waals surface area contributed by atoms with Gasteiger partial charge in [-0.2, -0.15) is 0 Å². The van der Waals surface area contributed by atoms with Crippen LogP contribution in [0.3, 0.4) is 0 Å². The molecule has 4 rings (SSSR count). The summed E-state index contributed by atoms with van der Waals surface area (Å²) in [7, 11) is -3.38. The Morgan fingerprint density at radius 2 is 1.40 bits per heavy atom. The van der Waals surface area contributed by atoms with Gasteiger partial charge < -0.3 is 14.0 Å². The predicted molar refractivity (Wildman–Crippen MR) is 211 cm³/mol. The van der Waals surface area contributed by atoms with Crippen LogP contribution in [0.5, 0.6) is 0 Å². The standard InChI is InChI=1S/C44H59NO7P/c1-8-44(7,41(47)50-29-30-51-53(49,38-25-17-11-18-26-38)39-27-19-12-20-28-39)31-36(35-22-14-10-15-23-35)24-16-9-13-21-34(2)40(46)52-37-32-42(3,4)45(48)43(5,6)33-37/h9-12,14-20,22-23,25-28,34,36-37H,8,13,21,24,29-33H2,1-7H3/b16-9+. The van der Waals surface area contributed by atoms with Crippen LogP contribution in [-0.2, 0) is 33.4 Å². The van der Waals surface area contributed by atoms with Gasteiger partial charge in [0.15, 0.2) is 0 Å². The zero-order valence-electron chi connectivity index (χ0n) is 32.7. The minimum atomic E-state index is -3.38. The van der Waals surface area contributed by atoms with Crippen LogP contribution in [-0.4, -0.2) is 47.4 Å². The lowest BCUT2D eigenvalue weighted by Gasteiger charge is -2.49. The fourth-order valence-corrected chi connectivity index (χ4v) is 9.43. The molecule has 0 bridgehead atoms. The first-order valence-corrected chi connectivity index (χ1v) is 20.6. The Hall–Kier alpha value is -3.55. The Labute approximate surface area is 317 Å². The van der Waals surface area contributed by atoms with Crippen molar-refractivity contribution in [3.8, 4) is 0 Å². The molecule has 1 saturated heterocycles. The molecule has 0 N–H and O–H groups in total. The Morgan fingerprint density at radius 3 is 1.92 bits per heavy atom. The Kier molecular flexibility index (Phi) is 14.9. The lowest BCUT2D eigenvalue weighted by Crippen LogP contribution is -2.60. The van der Waals surface area contributed by atoms with Gasteiger partial charge in [-0.05, 0) is 102 Å². The maximum Gasteiger partial charge on any atom is 0.311 e. The summed E-state index contributed by atoms with van der Waals surface area (Å²) in [6.07, 6.45) is 8.28.